The number of hydrogen-bond donors (Lipinski definition) is 0. The minimum Gasteiger partial charge on any atom is -0.447 e. The van der Waals surface area contributed by atoms with Gasteiger partial charge >= 0.3 is 0 Å². The van der Waals surface area contributed by atoms with Crippen molar-refractivity contribution < 1.29 is 12.8 Å². The van der Waals surface area contributed by atoms with Crippen LogP contribution in [0.25, 0.3) is 10.2 Å². The molecule has 1 fully saturated rings. The van der Waals surface area contributed by atoms with Gasteiger partial charge in [0.1, 0.15) is 21.4 Å². The normalized spacial score (nSPS) is 15.8. The Morgan fingerprint density at radius 1 is 1.19 bits per heavy atom. The Labute approximate surface area is 167 Å². The summed E-state index contributed by atoms with van der Waals surface area (Å²) in [6, 6.07) is 3.30. The maximum atomic E-state index is 12.6. The van der Waals surface area contributed by atoms with E-state index >= 15 is 0 Å². The molecule has 0 amide bonds. The summed E-state index contributed by atoms with van der Waals surface area (Å²) in [5.41, 5.74) is 1.20. The van der Waals surface area contributed by atoms with Crippen LogP contribution < -0.4 is 0 Å². The predicted molar refractivity (Wildman–Crippen MR) is 108 cm³/mol. The third-order valence-corrected chi connectivity index (χ3v) is 8.63. The summed E-state index contributed by atoms with van der Waals surface area (Å²) in [7, 11) is -3.51. The molecule has 6 nitrogen and oxygen atoms in total. The fraction of sp³-hybridized carbons (Fsp3) is 0.444. The molecule has 1 saturated heterocycles. The molecule has 27 heavy (non-hydrogen) atoms. The molecule has 4 heterocycles. The van der Waals surface area contributed by atoms with Gasteiger partial charge in [0.2, 0.25) is 5.09 Å². The smallest absolute Gasteiger partial charge is 0.276 e. The lowest BCUT2D eigenvalue weighted by molar-refractivity contribution is 0.397. The van der Waals surface area contributed by atoms with Crippen LogP contribution in [0.2, 0.25) is 0 Å². The van der Waals surface area contributed by atoms with Crippen molar-refractivity contribution >= 4 is 43.3 Å². The first-order valence-corrected chi connectivity index (χ1v) is 12.1. The number of hydrogen-bond acceptors (Lipinski definition) is 7. The number of rotatable bonds is 5. The Kier molecular flexibility index (Phi) is 5.04. The van der Waals surface area contributed by atoms with Gasteiger partial charge in [-0.25, -0.2) is 18.4 Å². The van der Waals surface area contributed by atoms with E-state index in [-0.39, 0.29) is 5.09 Å². The second-order valence-electron chi connectivity index (χ2n) is 6.66. The number of thiophene rings is 1. The third kappa shape index (κ3) is 3.53. The minimum absolute atomic E-state index is 0.0339. The van der Waals surface area contributed by atoms with Crippen LogP contribution in [-0.2, 0) is 15.8 Å². The lowest BCUT2D eigenvalue weighted by atomic mass is 10.2. The van der Waals surface area contributed by atoms with Crippen LogP contribution in [0.1, 0.15) is 34.9 Å². The van der Waals surface area contributed by atoms with Crippen LogP contribution in [0.3, 0.4) is 0 Å². The molecule has 0 bridgehead atoms. The Balaban J connectivity index is 1.57. The first-order valence-electron chi connectivity index (χ1n) is 8.82. The Morgan fingerprint density at radius 2 is 1.93 bits per heavy atom. The number of thioether (sulfide) groups is 1. The first kappa shape index (κ1) is 18.9. The predicted octanol–water partition coefficient (Wildman–Crippen LogP) is 4.29. The third-order valence-electron chi connectivity index (χ3n) is 4.75. The topological polar surface area (TPSA) is 76.3 Å². The Bertz CT molecular complexity index is 1100. The van der Waals surface area contributed by atoms with Crippen LogP contribution in [-0.4, -0.2) is 35.8 Å². The molecule has 3 aromatic heterocycles. The van der Waals surface area contributed by atoms with Gasteiger partial charge in [0.05, 0.1) is 5.75 Å². The summed E-state index contributed by atoms with van der Waals surface area (Å²) in [5, 5.41) is 2.04. The van der Waals surface area contributed by atoms with Crippen molar-refractivity contribution in [3.8, 4) is 0 Å². The minimum atomic E-state index is -3.51. The van der Waals surface area contributed by atoms with Gasteiger partial charge in [-0.15, -0.1) is 11.3 Å². The van der Waals surface area contributed by atoms with Crippen LogP contribution in [0, 0.1) is 20.8 Å². The molecule has 0 spiro atoms. The fourth-order valence-corrected chi connectivity index (χ4v) is 6.80. The fourth-order valence-electron chi connectivity index (χ4n) is 3.19. The summed E-state index contributed by atoms with van der Waals surface area (Å²) in [6.07, 6.45) is 1.82. The molecule has 1 aliphatic heterocycles. The molecule has 0 N–H and O–H groups in total. The van der Waals surface area contributed by atoms with Crippen LogP contribution >= 0.6 is 23.1 Å². The van der Waals surface area contributed by atoms with E-state index in [0.29, 0.717) is 24.6 Å². The molecule has 4 rings (SSSR count). The lowest BCUT2D eigenvalue weighted by Gasteiger charge is -2.12. The molecular formula is C18H21N3O3S3. The largest absolute Gasteiger partial charge is 0.447 e. The van der Waals surface area contributed by atoms with Gasteiger partial charge in [0.25, 0.3) is 10.0 Å². The highest BCUT2D eigenvalue weighted by Crippen LogP contribution is 2.36. The van der Waals surface area contributed by atoms with Crippen molar-refractivity contribution in [2.75, 3.05) is 13.1 Å². The highest BCUT2D eigenvalue weighted by Gasteiger charge is 2.30. The van der Waals surface area contributed by atoms with E-state index in [2.05, 4.69) is 23.8 Å². The summed E-state index contributed by atoms with van der Waals surface area (Å²) in [5.74, 6) is 1.89. The molecule has 9 heteroatoms. The summed E-state index contributed by atoms with van der Waals surface area (Å²) < 4.78 is 32.4. The summed E-state index contributed by atoms with van der Waals surface area (Å²) in [6.45, 7) is 7.21. The quantitative estimate of drug-likeness (QED) is 0.450. The molecule has 0 saturated carbocycles. The van der Waals surface area contributed by atoms with Crippen molar-refractivity contribution in [3.63, 3.8) is 0 Å². The van der Waals surface area contributed by atoms with Crippen molar-refractivity contribution in [1.29, 1.82) is 0 Å². The molecular weight excluding hydrogens is 402 g/mol. The van der Waals surface area contributed by atoms with E-state index in [0.717, 1.165) is 33.9 Å². The van der Waals surface area contributed by atoms with Crippen molar-refractivity contribution in [2.45, 2.75) is 49.5 Å². The monoisotopic (exact) mass is 423 g/mol. The van der Waals surface area contributed by atoms with Crippen molar-refractivity contribution in [3.05, 3.63) is 34.2 Å². The van der Waals surface area contributed by atoms with Gasteiger partial charge in [-0.1, -0.05) is 11.8 Å². The van der Waals surface area contributed by atoms with Crippen molar-refractivity contribution in [1.82, 2.24) is 14.3 Å². The number of aryl methyl sites for hydroxylation is 3. The van der Waals surface area contributed by atoms with Gasteiger partial charge in [0.15, 0.2) is 0 Å². The van der Waals surface area contributed by atoms with Gasteiger partial charge in [0, 0.05) is 23.4 Å². The van der Waals surface area contributed by atoms with E-state index in [9.17, 15) is 8.42 Å². The first-order chi connectivity index (χ1) is 12.9. The molecule has 0 aliphatic carbocycles. The molecule has 3 aromatic rings. The second kappa shape index (κ2) is 7.20. The maximum absolute atomic E-state index is 12.6. The average molecular weight is 424 g/mol. The number of nitrogens with zero attached hydrogens (tertiary/aromatic N) is 3. The standard InChI is InChI=1S/C18H21N3O3S3/c1-11-12(2)26-18-16(11)17(19-13(3)20-18)25-10-14-6-7-15(24-14)27(22,23)21-8-4-5-9-21/h6-7H,4-5,8-10H2,1-3H3. The van der Waals surface area contributed by atoms with Crippen molar-refractivity contribution in [2.24, 2.45) is 0 Å². The number of aromatic nitrogens is 2. The Hall–Kier alpha value is -1.42. The van der Waals surface area contributed by atoms with E-state index in [4.69, 9.17) is 4.42 Å². The van der Waals surface area contributed by atoms with E-state index < -0.39 is 10.0 Å². The summed E-state index contributed by atoms with van der Waals surface area (Å²) >= 11 is 3.23. The van der Waals surface area contributed by atoms with E-state index in [1.54, 1.807) is 35.2 Å². The van der Waals surface area contributed by atoms with Gasteiger partial charge in [-0.05, 0) is 51.3 Å². The van der Waals surface area contributed by atoms with E-state index in [1.165, 1.54) is 14.7 Å². The zero-order valence-electron chi connectivity index (χ0n) is 15.5. The number of sulfonamides is 1. The zero-order valence-corrected chi connectivity index (χ0v) is 17.9. The van der Waals surface area contributed by atoms with Gasteiger partial charge < -0.3 is 4.42 Å². The molecule has 144 valence electrons. The number of furan rings is 1. The second-order valence-corrected chi connectivity index (χ2v) is 10.7. The average Bonchev–Trinajstić information content (AvgIpc) is 3.34. The van der Waals surface area contributed by atoms with E-state index in [1.807, 2.05) is 6.92 Å². The molecule has 0 unspecified atom stereocenters. The highest BCUT2D eigenvalue weighted by molar-refractivity contribution is 7.98. The molecule has 0 radical (unpaired) electrons. The maximum Gasteiger partial charge on any atom is 0.276 e. The highest BCUT2D eigenvalue weighted by atomic mass is 32.2. The van der Waals surface area contributed by atoms with Gasteiger partial charge in [-0.2, -0.15) is 4.31 Å². The SMILES string of the molecule is Cc1nc(SCc2ccc(S(=O)(=O)N3CCCC3)o2)c2c(C)c(C)sc2n1. The molecule has 0 atom stereocenters. The zero-order chi connectivity index (χ0) is 19.2. The molecule has 1 aliphatic rings. The molecule has 0 aromatic carbocycles. The summed E-state index contributed by atoms with van der Waals surface area (Å²) in [4.78, 5) is 11.4. The van der Waals surface area contributed by atoms with Crippen LogP contribution in [0.4, 0.5) is 0 Å². The lowest BCUT2D eigenvalue weighted by Crippen LogP contribution is -2.27. The van der Waals surface area contributed by atoms with Crippen LogP contribution in [0.15, 0.2) is 26.7 Å². The number of fused-ring (bicyclic) bond motifs is 1. The van der Waals surface area contributed by atoms with Gasteiger partial charge in [-0.3, -0.25) is 0 Å². The van der Waals surface area contributed by atoms with Crippen LogP contribution in [0.5, 0.6) is 0 Å². The Morgan fingerprint density at radius 3 is 2.67 bits per heavy atom.